The Balaban J connectivity index is 2.16. The molecule has 1 N–H and O–H groups in total. The third-order valence-electron chi connectivity index (χ3n) is 3.50. The van der Waals surface area contributed by atoms with E-state index in [1.54, 1.807) is 6.07 Å². The third kappa shape index (κ3) is 2.13. The highest BCUT2D eigenvalue weighted by Crippen LogP contribution is 2.39. The van der Waals surface area contributed by atoms with E-state index in [4.69, 9.17) is 4.74 Å². The molecule has 1 aliphatic heterocycles. The van der Waals surface area contributed by atoms with E-state index < -0.39 is 0 Å². The smallest absolute Gasteiger partial charge is 0.122 e. The first-order chi connectivity index (χ1) is 8.75. The summed E-state index contributed by atoms with van der Waals surface area (Å²) in [7, 11) is 0. The summed E-state index contributed by atoms with van der Waals surface area (Å²) < 4.78 is 6.86. The van der Waals surface area contributed by atoms with E-state index in [1.807, 2.05) is 18.2 Å². The molecule has 2 aromatic rings. The zero-order chi connectivity index (χ0) is 12.5. The van der Waals surface area contributed by atoms with Gasteiger partial charge < -0.3 is 9.84 Å². The molecule has 0 aromatic heterocycles. The second-order valence-corrected chi connectivity index (χ2v) is 5.63. The molecule has 94 valence electrons. The maximum Gasteiger partial charge on any atom is 0.122 e. The van der Waals surface area contributed by atoms with Crippen LogP contribution in [0, 0.1) is 0 Å². The van der Waals surface area contributed by atoms with E-state index in [-0.39, 0.29) is 6.10 Å². The van der Waals surface area contributed by atoms with Crippen LogP contribution in [0.4, 0.5) is 0 Å². The molecule has 0 amide bonds. The van der Waals surface area contributed by atoms with Crippen LogP contribution in [-0.4, -0.2) is 11.7 Å². The van der Waals surface area contributed by atoms with Crippen molar-refractivity contribution in [3.05, 3.63) is 40.4 Å². The minimum absolute atomic E-state index is 0.0311. The molecule has 0 aliphatic carbocycles. The van der Waals surface area contributed by atoms with Gasteiger partial charge in [0.1, 0.15) is 5.75 Å². The molecular weight excluding hydrogens is 292 g/mol. The molecule has 0 radical (unpaired) electrons. The quantitative estimate of drug-likeness (QED) is 0.837. The minimum atomic E-state index is 0.0311. The van der Waals surface area contributed by atoms with Gasteiger partial charge in [-0.1, -0.05) is 28.1 Å². The van der Waals surface area contributed by atoms with Crippen molar-refractivity contribution in [3.63, 3.8) is 0 Å². The highest BCUT2D eigenvalue weighted by molar-refractivity contribution is 9.10. The normalized spacial score (nSPS) is 20.2. The lowest BCUT2D eigenvalue weighted by Gasteiger charge is -2.25. The zero-order valence-corrected chi connectivity index (χ0v) is 11.6. The van der Waals surface area contributed by atoms with E-state index in [9.17, 15) is 5.11 Å². The fourth-order valence-corrected chi connectivity index (χ4v) is 3.00. The molecule has 1 aliphatic rings. The van der Waals surface area contributed by atoms with Gasteiger partial charge in [-0.2, -0.15) is 0 Å². The van der Waals surface area contributed by atoms with Crippen molar-refractivity contribution in [2.24, 2.45) is 0 Å². The minimum Gasteiger partial charge on any atom is -0.508 e. The van der Waals surface area contributed by atoms with Crippen molar-refractivity contribution in [3.8, 4) is 5.75 Å². The van der Waals surface area contributed by atoms with E-state index >= 15 is 0 Å². The molecule has 1 heterocycles. The predicted molar refractivity (Wildman–Crippen MR) is 75.9 cm³/mol. The number of rotatable bonds is 1. The number of ether oxygens (including phenoxy) is 1. The number of fused-ring (bicyclic) bond motifs is 1. The number of hydrogen-bond donors (Lipinski definition) is 1. The lowest BCUT2D eigenvalue weighted by atomic mass is 9.95. The van der Waals surface area contributed by atoms with E-state index in [2.05, 4.69) is 22.0 Å². The average molecular weight is 307 g/mol. The molecule has 1 saturated heterocycles. The Hall–Kier alpha value is -1.06. The summed E-state index contributed by atoms with van der Waals surface area (Å²) in [5.74, 6) is 0.344. The predicted octanol–water partition coefficient (Wildman–Crippen LogP) is 4.55. The van der Waals surface area contributed by atoms with Crippen LogP contribution in [0.2, 0.25) is 0 Å². The van der Waals surface area contributed by atoms with Crippen molar-refractivity contribution in [1.29, 1.82) is 0 Å². The van der Waals surface area contributed by atoms with Gasteiger partial charge in [0.25, 0.3) is 0 Å². The summed E-state index contributed by atoms with van der Waals surface area (Å²) in [6, 6.07) is 9.84. The van der Waals surface area contributed by atoms with E-state index in [0.29, 0.717) is 5.75 Å². The summed E-state index contributed by atoms with van der Waals surface area (Å²) >= 11 is 3.48. The van der Waals surface area contributed by atoms with Crippen LogP contribution < -0.4 is 0 Å². The second-order valence-electron chi connectivity index (χ2n) is 4.72. The molecule has 0 bridgehead atoms. The van der Waals surface area contributed by atoms with Crippen LogP contribution in [0.5, 0.6) is 5.75 Å². The molecule has 1 unspecified atom stereocenters. The maximum atomic E-state index is 10.1. The van der Waals surface area contributed by atoms with Gasteiger partial charge in [0.15, 0.2) is 0 Å². The van der Waals surface area contributed by atoms with Gasteiger partial charge in [-0.15, -0.1) is 0 Å². The average Bonchev–Trinajstić information content (AvgIpc) is 2.40. The molecule has 2 nitrogen and oxygen atoms in total. The lowest BCUT2D eigenvalue weighted by molar-refractivity contribution is 0.0146. The highest BCUT2D eigenvalue weighted by Gasteiger charge is 2.21. The Morgan fingerprint density at radius 3 is 2.83 bits per heavy atom. The number of phenolic OH excluding ortho intramolecular Hbond substituents is 1. The number of benzene rings is 2. The summed E-state index contributed by atoms with van der Waals surface area (Å²) in [6.07, 6.45) is 3.30. The first kappa shape index (κ1) is 12.0. The summed E-state index contributed by atoms with van der Waals surface area (Å²) in [4.78, 5) is 0. The van der Waals surface area contributed by atoms with E-state index in [0.717, 1.165) is 46.7 Å². The van der Waals surface area contributed by atoms with Crippen molar-refractivity contribution in [2.75, 3.05) is 6.61 Å². The SMILES string of the molecule is Oc1ccc2cc(Br)ccc2c1C1CCCCO1. The van der Waals surface area contributed by atoms with Gasteiger partial charge in [0.2, 0.25) is 0 Å². The fourth-order valence-electron chi connectivity index (χ4n) is 2.62. The van der Waals surface area contributed by atoms with Gasteiger partial charge in [0, 0.05) is 16.6 Å². The van der Waals surface area contributed by atoms with Gasteiger partial charge in [-0.05, 0) is 48.2 Å². The Kier molecular flexibility index (Phi) is 3.27. The lowest BCUT2D eigenvalue weighted by Crippen LogP contribution is -2.12. The summed E-state index contributed by atoms with van der Waals surface area (Å²) in [5, 5.41) is 12.4. The first-order valence-corrected chi connectivity index (χ1v) is 7.08. The molecule has 18 heavy (non-hydrogen) atoms. The molecule has 3 rings (SSSR count). The molecular formula is C15H15BrO2. The van der Waals surface area contributed by atoms with Crippen molar-refractivity contribution in [1.82, 2.24) is 0 Å². The molecule has 3 heteroatoms. The topological polar surface area (TPSA) is 29.5 Å². The molecule has 2 aromatic carbocycles. The van der Waals surface area contributed by atoms with Gasteiger partial charge in [-0.25, -0.2) is 0 Å². The van der Waals surface area contributed by atoms with Crippen molar-refractivity contribution < 1.29 is 9.84 Å². The Morgan fingerprint density at radius 1 is 1.17 bits per heavy atom. The number of halogens is 1. The number of hydrogen-bond acceptors (Lipinski definition) is 2. The molecule has 0 spiro atoms. The van der Waals surface area contributed by atoms with Crippen molar-refractivity contribution in [2.45, 2.75) is 25.4 Å². The fraction of sp³-hybridized carbons (Fsp3) is 0.333. The maximum absolute atomic E-state index is 10.1. The van der Waals surface area contributed by atoms with Crippen LogP contribution >= 0.6 is 15.9 Å². The Labute approximate surface area is 115 Å². The van der Waals surface area contributed by atoms with Crippen molar-refractivity contribution >= 4 is 26.7 Å². The van der Waals surface area contributed by atoms with Gasteiger partial charge >= 0.3 is 0 Å². The van der Waals surface area contributed by atoms with Gasteiger partial charge in [0.05, 0.1) is 6.10 Å². The second kappa shape index (κ2) is 4.90. The summed E-state index contributed by atoms with van der Waals surface area (Å²) in [5.41, 5.74) is 0.944. The van der Waals surface area contributed by atoms with Gasteiger partial charge in [-0.3, -0.25) is 0 Å². The standard InChI is InChI=1S/C15H15BrO2/c16-11-5-6-12-10(9-11)4-7-13(17)15(12)14-3-1-2-8-18-14/h4-7,9,14,17H,1-3,8H2. The summed E-state index contributed by atoms with van der Waals surface area (Å²) in [6.45, 7) is 0.789. The van der Waals surface area contributed by atoms with Crippen LogP contribution in [0.3, 0.4) is 0 Å². The van der Waals surface area contributed by atoms with Crippen LogP contribution in [0.1, 0.15) is 30.9 Å². The monoisotopic (exact) mass is 306 g/mol. The number of phenols is 1. The molecule has 1 fully saturated rings. The zero-order valence-electron chi connectivity index (χ0n) is 10.0. The Morgan fingerprint density at radius 2 is 2.06 bits per heavy atom. The third-order valence-corrected chi connectivity index (χ3v) is 4.00. The molecule has 1 atom stereocenters. The van der Waals surface area contributed by atoms with Crippen LogP contribution in [0.25, 0.3) is 10.8 Å². The van der Waals surface area contributed by atoms with Crippen LogP contribution in [0.15, 0.2) is 34.8 Å². The Bertz CT molecular complexity index is 574. The number of aromatic hydroxyl groups is 1. The first-order valence-electron chi connectivity index (χ1n) is 6.28. The highest BCUT2D eigenvalue weighted by atomic mass is 79.9. The van der Waals surface area contributed by atoms with Crippen LogP contribution in [-0.2, 0) is 4.74 Å². The largest absolute Gasteiger partial charge is 0.508 e. The van der Waals surface area contributed by atoms with E-state index in [1.165, 1.54) is 0 Å². The molecule has 0 saturated carbocycles.